The van der Waals surface area contributed by atoms with Crippen molar-refractivity contribution in [3.8, 4) is 11.1 Å². The molecule has 0 bridgehead atoms. The maximum atomic E-state index is 13.0. The van der Waals surface area contributed by atoms with Gasteiger partial charge in [0.05, 0.1) is 0 Å². The Hall–Kier alpha value is -4.13. The number of hydrogen-bond donors (Lipinski definition) is 3. The number of hydrogen-bond acceptors (Lipinski definition) is 6. The van der Waals surface area contributed by atoms with E-state index >= 15 is 0 Å². The number of likely N-dealkylation sites (N-methyl/N-ethyl adjacent to an activating group) is 1. The Labute approximate surface area is 229 Å². The zero-order valence-corrected chi connectivity index (χ0v) is 22.4. The minimum absolute atomic E-state index is 0.645. The van der Waals surface area contributed by atoms with Crippen molar-refractivity contribution in [2.75, 3.05) is 20.4 Å². The molecule has 4 amide bonds. The molecule has 0 saturated heterocycles. The number of rotatable bonds is 10. The van der Waals surface area contributed by atoms with E-state index < -0.39 is 67.6 Å². The van der Waals surface area contributed by atoms with Crippen molar-refractivity contribution in [2.24, 2.45) is 0 Å². The molecule has 2 aromatic rings. The van der Waals surface area contributed by atoms with Crippen molar-refractivity contribution in [3.63, 3.8) is 0 Å². The van der Waals surface area contributed by atoms with Crippen LogP contribution in [-0.4, -0.2) is 73.4 Å². The minimum atomic E-state index is -4.53. The van der Waals surface area contributed by atoms with Gasteiger partial charge in [0.15, 0.2) is 6.10 Å². The van der Waals surface area contributed by atoms with Crippen molar-refractivity contribution >= 4 is 23.8 Å². The van der Waals surface area contributed by atoms with E-state index in [1.807, 2.05) is 48.5 Å². The smallest absolute Gasteiger partial charge is 0.411 e. The number of fused-ring (bicyclic) bond motifs is 3. The molecule has 10 nitrogen and oxygen atoms in total. The molecule has 216 valence electrons. The average Bonchev–Trinajstić information content (AvgIpc) is 3.22. The van der Waals surface area contributed by atoms with E-state index in [-0.39, 0.29) is 0 Å². The summed E-state index contributed by atoms with van der Waals surface area (Å²) < 4.78 is 46.4. The zero-order valence-electron chi connectivity index (χ0n) is 22.4. The first-order chi connectivity index (χ1) is 18.8. The molecular weight excluding hydrogens is 533 g/mol. The van der Waals surface area contributed by atoms with E-state index in [9.17, 15) is 32.3 Å². The van der Waals surface area contributed by atoms with Gasteiger partial charge < -0.3 is 25.4 Å². The minimum Gasteiger partial charge on any atom is -0.436 e. The molecule has 0 aliphatic heterocycles. The molecule has 0 spiro atoms. The lowest BCUT2D eigenvalue weighted by Gasteiger charge is -2.27. The van der Waals surface area contributed by atoms with Gasteiger partial charge in [-0.2, -0.15) is 13.2 Å². The number of alkyl halides is 3. The fraction of sp³-hybridized carbons (Fsp3) is 0.407. The first-order valence-electron chi connectivity index (χ1n) is 12.4. The van der Waals surface area contributed by atoms with Crippen LogP contribution in [0.3, 0.4) is 0 Å². The van der Waals surface area contributed by atoms with Crippen LogP contribution in [0.2, 0.25) is 0 Å². The monoisotopic (exact) mass is 564 g/mol. The van der Waals surface area contributed by atoms with Crippen LogP contribution in [0.4, 0.5) is 18.0 Å². The SMILES string of the molecule is C[C@H](NC(=O)[C@H](C)NC(=O)[C@H](C)N(C)C(=O)OC1c2ccccc2-c2ccccc21)C(=O)NCOCC(F)(F)F. The Morgan fingerprint density at radius 3 is 1.90 bits per heavy atom. The molecule has 0 unspecified atom stereocenters. The lowest BCUT2D eigenvalue weighted by Crippen LogP contribution is -2.55. The normalized spacial score (nSPS) is 14.7. The zero-order chi connectivity index (χ0) is 29.6. The largest absolute Gasteiger partial charge is 0.436 e. The van der Waals surface area contributed by atoms with Crippen LogP contribution >= 0.6 is 0 Å². The number of nitrogens with one attached hydrogen (secondary N) is 3. The summed E-state index contributed by atoms with van der Waals surface area (Å²) in [6, 6.07) is 11.9. The Kier molecular flexibility index (Phi) is 9.74. The van der Waals surface area contributed by atoms with Crippen LogP contribution in [-0.2, 0) is 23.9 Å². The van der Waals surface area contributed by atoms with Crippen LogP contribution in [0.15, 0.2) is 48.5 Å². The van der Waals surface area contributed by atoms with Gasteiger partial charge in [0, 0.05) is 18.2 Å². The molecule has 0 aromatic heterocycles. The average molecular weight is 565 g/mol. The molecule has 0 heterocycles. The standard InChI is InChI=1S/C27H31F3N4O6/c1-15(23(35)31-14-39-13-27(28,29)30)32-24(36)16(2)33-25(37)17(3)34(4)26(38)40-22-20-11-7-5-9-18(20)19-10-6-8-12-21(19)22/h5-12,15-17,22H,13-14H2,1-4H3,(H,31,35)(H,32,36)(H,33,37)/t15-,16-,17-/m0/s1. The molecule has 0 radical (unpaired) electrons. The van der Waals surface area contributed by atoms with Gasteiger partial charge >= 0.3 is 12.3 Å². The maximum absolute atomic E-state index is 13.0. The van der Waals surface area contributed by atoms with Gasteiger partial charge in [-0.1, -0.05) is 48.5 Å². The van der Waals surface area contributed by atoms with Gasteiger partial charge in [0.1, 0.15) is 31.5 Å². The summed E-state index contributed by atoms with van der Waals surface area (Å²) in [7, 11) is 1.40. The highest BCUT2D eigenvalue weighted by Crippen LogP contribution is 2.45. The highest BCUT2D eigenvalue weighted by Gasteiger charge is 2.34. The fourth-order valence-corrected chi connectivity index (χ4v) is 4.00. The van der Waals surface area contributed by atoms with Crippen molar-refractivity contribution in [3.05, 3.63) is 59.7 Å². The first-order valence-corrected chi connectivity index (χ1v) is 12.4. The number of carbonyl (C=O) groups excluding carboxylic acids is 4. The summed E-state index contributed by atoms with van der Waals surface area (Å²) >= 11 is 0. The predicted octanol–water partition coefficient (Wildman–Crippen LogP) is 2.88. The van der Waals surface area contributed by atoms with Gasteiger partial charge in [-0.25, -0.2) is 4.79 Å². The number of carbonyl (C=O) groups is 4. The number of amides is 4. The molecule has 3 atom stereocenters. The molecule has 0 fully saturated rings. The third kappa shape index (κ3) is 7.50. The number of ether oxygens (including phenoxy) is 2. The summed E-state index contributed by atoms with van der Waals surface area (Å²) in [4.78, 5) is 51.3. The molecule has 3 rings (SSSR count). The quantitative estimate of drug-likeness (QED) is 0.301. The highest BCUT2D eigenvalue weighted by molar-refractivity contribution is 5.93. The van der Waals surface area contributed by atoms with Gasteiger partial charge in [-0.05, 0) is 31.9 Å². The number of benzene rings is 2. The van der Waals surface area contributed by atoms with E-state index in [0.29, 0.717) is 0 Å². The van der Waals surface area contributed by atoms with E-state index in [1.165, 1.54) is 27.8 Å². The Balaban J connectivity index is 1.50. The summed E-state index contributed by atoms with van der Waals surface area (Å²) in [6.07, 6.45) is -5.92. The molecule has 1 aliphatic rings. The van der Waals surface area contributed by atoms with Crippen molar-refractivity contribution in [2.45, 2.75) is 51.2 Å². The second-order valence-corrected chi connectivity index (χ2v) is 9.33. The second kappa shape index (κ2) is 12.8. The number of halogens is 3. The molecule has 1 aliphatic carbocycles. The van der Waals surface area contributed by atoms with Crippen LogP contribution in [0.1, 0.15) is 38.0 Å². The number of nitrogens with zero attached hydrogens (tertiary/aromatic N) is 1. The summed E-state index contributed by atoms with van der Waals surface area (Å²) in [5, 5.41) is 6.93. The third-order valence-electron chi connectivity index (χ3n) is 6.36. The van der Waals surface area contributed by atoms with E-state index in [2.05, 4.69) is 20.7 Å². The third-order valence-corrected chi connectivity index (χ3v) is 6.36. The topological polar surface area (TPSA) is 126 Å². The highest BCUT2D eigenvalue weighted by atomic mass is 19.4. The Morgan fingerprint density at radius 2 is 1.35 bits per heavy atom. The predicted molar refractivity (Wildman–Crippen MR) is 138 cm³/mol. The first kappa shape index (κ1) is 30.4. The lowest BCUT2D eigenvalue weighted by molar-refractivity contribution is -0.176. The second-order valence-electron chi connectivity index (χ2n) is 9.33. The van der Waals surface area contributed by atoms with Gasteiger partial charge in [-0.3, -0.25) is 19.3 Å². The van der Waals surface area contributed by atoms with Crippen LogP contribution in [0.25, 0.3) is 11.1 Å². The molecular formula is C27H31F3N4O6. The molecule has 13 heteroatoms. The van der Waals surface area contributed by atoms with E-state index in [0.717, 1.165) is 27.2 Å². The van der Waals surface area contributed by atoms with Gasteiger partial charge in [0.25, 0.3) is 0 Å². The fourth-order valence-electron chi connectivity index (χ4n) is 4.00. The molecule has 0 saturated carbocycles. The Morgan fingerprint density at radius 1 is 0.850 bits per heavy atom. The molecule has 3 N–H and O–H groups in total. The summed E-state index contributed by atoms with van der Waals surface area (Å²) in [6.45, 7) is 1.94. The van der Waals surface area contributed by atoms with Crippen molar-refractivity contribution in [1.29, 1.82) is 0 Å². The van der Waals surface area contributed by atoms with Crippen LogP contribution in [0, 0.1) is 0 Å². The van der Waals surface area contributed by atoms with Gasteiger partial charge in [0.2, 0.25) is 17.7 Å². The summed E-state index contributed by atoms with van der Waals surface area (Å²) in [5.41, 5.74) is 3.58. The van der Waals surface area contributed by atoms with Crippen LogP contribution in [0.5, 0.6) is 0 Å². The van der Waals surface area contributed by atoms with Crippen molar-refractivity contribution in [1.82, 2.24) is 20.9 Å². The lowest BCUT2D eigenvalue weighted by atomic mass is 10.1. The maximum Gasteiger partial charge on any atom is 0.411 e. The molecule has 40 heavy (non-hydrogen) atoms. The van der Waals surface area contributed by atoms with E-state index in [1.54, 1.807) is 0 Å². The summed E-state index contributed by atoms with van der Waals surface area (Å²) in [5.74, 6) is -2.14. The molecule has 2 aromatic carbocycles. The van der Waals surface area contributed by atoms with Gasteiger partial charge in [-0.15, -0.1) is 0 Å². The van der Waals surface area contributed by atoms with Crippen molar-refractivity contribution < 1.29 is 41.8 Å². The van der Waals surface area contributed by atoms with E-state index in [4.69, 9.17) is 4.74 Å². The Bertz CT molecular complexity index is 1210. The van der Waals surface area contributed by atoms with Crippen LogP contribution < -0.4 is 16.0 Å².